The van der Waals surface area contributed by atoms with Crippen molar-refractivity contribution in [2.75, 3.05) is 6.54 Å². The number of amides is 1. The lowest BCUT2D eigenvalue weighted by Crippen LogP contribution is -2.34. The van der Waals surface area contributed by atoms with Gasteiger partial charge in [-0.25, -0.2) is 0 Å². The van der Waals surface area contributed by atoms with Crippen molar-refractivity contribution in [1.29, 1.82) is 0 Å². The Balaban J connectivity index is 1.88. The van der Waals surface area contributed by atoms with Crippen molar-refractivity contribution in [3.8, 4) is 0 Å². The number of nitrogens with zero attached hydrogens (tertiary/aromatic N) is 3. The van der Waals surface area contributed by atoms with Gasteiger partial charge in [-0.05, 0) is 43.0 Å². The Hall–Kier alpha value is -1.98. The van der Waals surface area contributed by atoms with Crippen molar-refractivity contribution in [3.05, 3.63) is 58.6 Å². The van der Waals surface area contributed by atoms with E-state index in [9.17, 15) is 4.79 Å². The molecule has 1 amide bonds. The monoisotopic (exact) mass is 344 g/mol. The number of carbonyl (C=O) groups excluding carboxylic acids is 1. The van der Waals surface area contributed by atoms with Gasteiger partial charge in [0, 0.05) is 31.9 Å². The molecule has 1 aliphatic rings. The Labute approximate surface area is 146 Å². The number of aryl methyl sites for hydroxylation is 1. The highest BCUT2D eigenvalue weighted by Crippen LogP contribution is 2.34. The van der Waals surface area contributed by atoms with Gasteiger partial charge in [0.15, 0.2) is 0 Å². The van der Waals surface area contributed by atoms with Crippen LogP contribution in [0.1, 0.15) is 42.3 Å². The second-order valence-electron chi connectivity index (χ2n) is 6.07. The molecule has 0 spiro atoms. The number of nitrogens with two attached hydrogens (primary N) is 1. The van der Waals surface area contributed by atoms with Crippen molar-refractivity contribution >= 4 is 17.5 Å². The molecule has 2 heterocycles. The molecular weight excluding hydrogens is 324 g/mol. The highest BCUT2D eigenvalue weighted by molar-refractivity contribution is 6.31. The molecular formula is C18H21ClN4O. The van der Waals surface area contributed by atoms with Gasteiger partial charge in [-0.1, -0.05) is 17.7 Å². The maximum atomic E-state index is 11.3. The maximum Gasteiger partial charge on any atom is 0.218 e. The number of hydrogen-bond acceptors (Lipinski definition) is 4. The van der Waals surface area contributed by atoms with Gasteiger partial charge < -0.3 is 5.73 Å². The summed E-state index contributed by atoms with van der Waals surface area (Å²) in [6.45, 7) is 1.15. The van der Waals surface area contributed by atoms with E-state index in [0.29, 0.717) is 24.5 Å². The summed E-state index contributed by atoms with van der Waals surface area (Å²) in [5, 5.41) is 0.638. The summed E-state index contributed by atoms with van der Waals surface area (Å²) in [6, 6.07) is 7.92. The third-order valence-corrected chi connectivity index (χ3v) is 4.78. The number of carbonyl (C=O) groups is 1. The fourth-order valence-corrected chi connectivity index (χ4v) is 3.45. The van der Waals surface area contributed by atoms with Crippen LogP contribution in [0.25, 0.3) is 0 Å². The average Bonchev–Trinajstić information content (AvgIpc) is 2.59. The zero-order valence-electron chi connectivity index (χ0n) is 13.5. The molecule has 0 saturated carbocycles. The number of halogens is 1. The first kappa shape index (κ1) is 16.9. The van der Waals surface area contributed by atoms with Gasteiger partial charge in [0.05, 0.1) is 22.5 Å². The first-order valence-electron chi connectivity index (χ1n) is 8.20. The number of rotatable bonds is 6. The molecule has 1 atom stereocenters. The molecule has 5 nitrogen and oxygen atoms in total. The van der Waals surface area contributed by atoms with Crippen LogP contribution in [0.2, 0.25) is 5.02 Å². The zero-order chi connectivity index (χ0) is 16.9. The summed E-state index contributed by atoms with van der Waals surface area (Å²) in [5.41, 5.74) is 8.56. The SMILES string of the molecule is NC(=O)CCN(Cc1ncccc1Cl)[C@H]1CCCc2cccnc21. The van der Waals surface area contributed by atoms with Crippen molar-refractivity contribution in [1.82, 2.24) is 14.9 Å². The largest absolute Gasteiger partial charge is 0.370 e. The molecule has 6 heteroatoms. The number of fused-ring (bicyclic) bond motifs is 1. The molecule has 3 rings (SSSR count). The predicted octanol–water partition coefficient (Wildman–Crippen LogP) is 2.89. The third-order valence-electron chi connectivity index (χ3n) is 4.44. The molecule has 2 aromatic heterocycles. The zero-order valence-corrected chi connectivity index (χ0v) is 14.2. The van der Waals surface area contributed by atoms with Crippen LogP contribution in [-0.2, 0) is 17.8 Å². The number of hydrogen-bond donors (Lipinski definition) is 1. The number of pyridine rings is 2. The van der Waals surface area contributed by atoms with Crippen molar-refractivity contribution < 1.29 is 4.79 Å². The number of aromatic nitrogens is 2. The molecule has 0 fully saturated rings. The van der Waals surface area contributed by atoms with E-state index in [1.165, 1.54) is 5.56 Å². The van der Waals surface area contributed by atoms with Gasteiger partial charge in [0.2, 0.25) is 5.91 Å². The van der Waals surface area contributed by atoms with E-state index in [4.69, 9.17) is 17.3 Å². The lowest BCUT2D eigenvalue weighted by atomic mass is 9.90. The Bertz CT molecular complexity index is 722. The minimum atomic E-state index is -0.302. The molecule has 0 unspecified atom stereocenters. The van der Waals surface area contributed by atoms with Gasteiger partial charge in [0.1, 0.15) is 0 Å². The maximum absolute atomic E-state index is 11.3. The highest BCUT2D eigenvalue weighted by atomic mass is 35.5. The van der Waals surface area contributed by atoms with Gasteiger partial charge >= 0.3 is 0 Å². The molecule has 0 aromatic carbocycles. The van der Waals surface area contributed by atoms with Gasteiger partial charge in [-0.3, -0.25) is 19.7 Å². The average molecular weight is 345 g/mol. The normalized spacial score (nSPS) is 16.8. The molecule has 0 bridgehead atoms. The molecule has 2 aromatic rings. The summed E-state index contributed by atoms with van der Waals surface area (Å²) in [7, 11) is 0. The van der Waals surface area contributed by atoms with Crippen LogP contribution >= 0.6 is 11.6 Å². The molecule has 2 N–H and O–H groups in total. The molecule has 126 valence electrons. The number of primary amides is 1. The smallest absolute Gasteiger partial charge is 0.218 e. The molecule has 1 aliphatic carbocycles. The van der Waals surface area contributed by atoms with Crippen LogP contribution in [-0.4, -0.2) is 27.3 Å². The summed E-state index contributed by atoms with van der Waals surface area (Å²) >= 11 is 6.27. The van der Waals surface area contributed by atoms with Gasteiger partial charge in [-0.2, -0.15) is 0 Å². The first-order chi connectivity index (χ1) is 11.6. The summed E-state index contributed by atoms with van der Waals surface area (Å²) in [4.78, 5) is 22.5. The fraction of sp³-hybridized carbons (Fsp3) is 0.389. The quantitative estimate of drug-likeness (QED) is 0.874. The molecule has 0 radical (unpaired) electrons. The Morgan fingerprint density at radius 3 is 2.88 bits per heavy atom. The summed E-state index contributed by atoms with van der Waals surface area (Å²) < 4.78 is 0. The van der Waals surface area contributed by atoms with Crippen molar-refractivity contribution in [3.63, 3.8) is 0 Å². The fourth-order valence-electron chi connectivity index (χ4n) is 3.27. The van der Waals surface area contributed by atoms with Gasteiger partial charge in [-0.15, -0.1) is 0 Å². The summed E-state index contributed by atoms with van der Waals surface area (Å²) in [6.07, 6.45) is 7.04. The van der Waals surface area contributed by atoms with E-state index in [2.05, 4.69) is 20.9 Å². The van der Waals surface area contributed by atoms with E-state index < -0.39 is 0 Å². The van der Waals surface area contributed by atoms with Crippen molar-refractivity contribution in [2.45, 2.75) is 38.3 Å². The van der Waals surface area contributed by atoms with Crippen LogP contribution < -0.4 is 5.73 Å². The van der Waals surface area contributed by atoms with E-state index in [1.807, 2.05) is 24.4 Å². The van der Waals surface area contributed by atoms with Crippen molar-refractivity contribution in [2.24, 2.45) is 5.73 Å². The standard InChI is InChI=1S/C18H21ClN4O/c19-14-6-3-9-21-15(14)12-23(11-8-17(20)24)16-7-1-4-13-5-2-10-22-18(13)16/h2-3,5-6,9-10,16H,1,4,7-8,11-12H2,(H2,20,24)/t16-/m0/s1. The van der Waals surface area contributed by atoms with E-state index in [1.54, 1.807) is 6.20 Å². The van der Waals surface area contributed by atoms with Crippen LogP contribution in [0, 0.1) is 0 Å². The Morgan fingerprint density at radius 1 is 1.29 bits per heavy atom. The minimum Gasteiger partial charge on any atom is -0.370 e. The Morgan fingerprint density at radius 2 is 2.08 bits per heavy atom. The van der Waals surface area contributed by atoms with E-state index in [0.717, 1.165) is 30.7 Å². The lowest BCUT2D eigenvalue weighted by Gasteiger charge is -2.34. The second kappa shape index (κ2) is 7.73. The molecule has 0 aliphatic heterocycles. The summed E-state index contributed by atoms with van der Waals surface area (Å²) in [5.74, 6) is -0.302. The Kier molecular flexibility index (Phi) is 5.43. The third kappa shape index (κ3) is 3.91. The minimum absolute atomic E-state index is 0.160. The van der Waals surface area contributed by atoms with E-state index in [-0.39, 0.29) is 11.9 Å². The lowest BCUT2D eigenvalue weighted by molar-refractivity contribution is -0.118. The molecule has 0 saturated heterocycles. The first-order valence-corrected chi connectivity index (χ1v) is 8.58. The van der Waals surface area contributed by atoms with Crippen LogP contribution in [0.4, 0.5) is 0 Å². The predicted molar refractivity (Wildman–Crippen MR) is 93.4 cm³/mol. The highest BCUT2D eigenvalue weighted by Gasteiger charge is 2.28. The molecule has 24 heavy (non-hydrogen) atoms. The van der Waals surface area contributed by atoms with Gasteiger partial charge in [0.25, 0.3) is 0 Å². The van der Waals surface area contributed by atoms with Crippen LogP contribution in [0.3, 0.4) is 0 Å². The van der Waals surface area contributed by atoms with Crippen LogP contribution in [0.5, 0.6) is 0 Å². The second-order valence-corrected chi connectivity index (χ2v) is 6.48. The topological polar surface area (TPSA) is 72.1 Å². The van der Waals surface area contributed by atoms with Crippen LogP contribution in [0.15, 0.2) is 36.7 Å². The van der Waals surface area contributed by atoms with E-state index >= 15 is 0 Å².